The molecule has 2 heterocycles. The Kier molecular flexibility index (Phi) is 5.14. The van der Waals surface area contributed by atoms with Crippen molar-refractivity contribution in [2.45, 2.75) is 57.0 Å². The summed E-state index contributed by atoms with van der Waals surface area (Å²) < 4.78 is 25.5. The van der Waals surface area contributed by atoms with Crippen molar-refractivity contribution >= 4 is 5.91 Å². The number of halogens is 2. The number of aromatic amines is 1. The first kappa shape index (κ1) is 16.2. The highest BCUT2D eigenvalue weighted by molar-refractivity contribution is 5.82. The third-order valence-corrected chi connectivity index (χ3v) is 4.51. The zero-order valence-electron chi connectivity index (χ0n) is 13.0. The van der Waals surface area contributed by atoms with E-state index in [0.717, 1.165) is 25.7 Å². The Morgan fingerprint density at radius 3 is 2.83 bits per heavy atom. The number of hydrogen-bond donors (Lipinski definition) is 1. The number of aromatic nitrogens is 4. The van der Waals surface area contributed by atoms with Crippen LogP contribution >= 0.6 is 0 Å². The lowest BCUT2D eigenvalue weighted by atomic mass is 10.0. The van der Waals surface area contributed by atoms with Crippen molar-refractivity contribution < 1.29 is 13.6 Å². The number of amides is 1. The van der Waals surface area contributed by atoms with E-state index in [4.69, 9.17) is 0 Å². The van der Waals surface area contributed by atoms with Gasteiger partial charge in [0.05, 0.1) is 12.6 Å². The highest BCUT2D eigenvalue weighted by Gasteiger charge is 2.39. The van der Waals surface area contributed by atoms with Crippen LogP contribution in [-0.2, 0) is 11.2 Å². The van der Waals surface area contributed by atoms with E-state index in [1.165, 1.54) is 0 Å². The molecule has 2 fully saturated rings. The van der Waals surface area contributed by atoms with E-state index in [1.54, 1.807) is 4.90 Å². The van der Waals surface area contributed by atoms with Crippen LogP contribution in [0.5, 0.6) is 0 Å². The molecule has 1 saturated heterocycles. The van der Waals surface area contributed by atoms with Gasteiger partial charge < -0.3 is 4.90 Å². The molecule has 0 spiro atoms. The van der Waals surface area contributed by atoms with Gasteiger partial charge in [-0.2, -0.15) is 5.21 Å². The van der Waals surface area contributed by atoms with Crippen LogP contribution in [0.25, 0.3) is 0 Å². The standard InChI is InChI=1S/C14H22F2N6O/c15-12(16)9-21-7-2-1-3-11(21)14(23)22(10-4-5-10)8-6-13-17-19-20-18-13/h10-12H,1-9H2,(H,17,18,19,20). The molecular formula is C14H22F2N6O. The van der Waals surface area contributed by atoms with Crippen LogP contribution in [0.3, 0.4) is 0 Å². The van der Waals surface area contributed by atoms with Crippen molar-refractivity contribution in [3.05, 3.63) is 5.82 Å². The second-order valence-corrected chi connectivity index (χ2v) is 6.24. The van der Waals surface area contributed by atoms with Crippen LogP contribution < -0.4 is 0 Å². The zero-order valence-corrected chi connectivity index (χ0v) is 13.0. The van der Waals surface area contributed by atoms with E-state index >= 15 is 0 Å². The Hall–Kier alpha value is -1.64. The summed E-state index contributed by atoms with van der Waals surface area (Å²) in [6.45, 7) is 0.770. The lowest BCUT2D eigenvalue weighted by Gasteiger charge is -2.37. The highest BCUT2D eigenvalue weighted by Crippen LogP contribution is 2.30. The number of carbonyl (C=O) groups is 1. The molecule has 1 saturated carbocycles. The molecule has 23 heavy (non-hydrogen) atoms. The van der Waals surface area contributed by atoms with Gasteiger partial charge in [-0.25, -0.2) is 8.78 Å². The molecule has 1 aromatic rings. The number of alkyl halides is 2. The van der Waals surface area contributed by atoms with Gasteiger partial charge in [0, 0.05) is 19.0 Å². The van der Waals surface area contributed by atoms with Crippen LogP contribution in [0.2, 0.25) is 0 Å². The lowest BCUT2D eigenvalue weighted by molar-refractivity contribution is -0.139. The number of tetrazole rings is 1. The average Bonchev–Trinajstić information content (AvgIpc) is 3.22. The van der Waals surface area contributed by atoms with E-state index in [0.29, 0.717) is 31.8 Å². The third kappa shape index (κ3) is 4.21. The van der Waals surface area contributed by atoms with Gasteiger partial charge >= 0.3 is 0 Å². The normalized spacial score (nSPS) is 22.5. The summed E-state index contributed by atoms with van der Waals surface area (Å²) in [7, 11) is 0. The van der Waals surface area contributed by atoms with Gasteiger partial charge in [0.15, 0.2) is 5.82 Å². The topological polar surface area (TPSA) is 78.0 Å². The second-order valence-electron chi connectivity index (χ2n) is 6.24. The van der Waals surface area contributed by atoms with Crippen LogP contribution in [0.4, 0.5) is 8.78 Å². The molecule has 0 aromatic carbocycles. The number of nitrogens with one attached hydrogen (secondary N) is 1. The molecule has 1 amide bonds. The second kappa shape index (κ2) is 7.29. The predicted molar refractivity (Wildman–Crippen MR) is 77.8 cm³/mol. The maximum atomic E-state index is 12.9. The van der Waals surface area contributed by atoms with E-state index in [2.05, 4.69) is 20.6 Å². The number of nitrogens with zero attached hydrogens (tertiary/aromatic N) is 5. The Bertz CT molecular complexity index is 507. The number of piperidine rings is 1. The highest BCUT2D eigenvalue weighted by atomic mass is 19.3. The van der Waals surface area contributed by atoms with Crippen molar-refractivity contribution in [2.75, 3.05) is 19.6 Å². The predicted octanol–water partition coefficient (Wildman–Crippen LogP) is 0.853. The minimum absolute atomic E-state index is 0.0173. The first-order valence-electron chi connectivity index (χ1n) is 8.20. The van der Waals surface area contributed by atoms with Gasteiger partial charge in [-0.05, 0) is 32.2 Å². The van der Waals surface area contributed by atoms with E-state index in [-0.39, 0.29) is 18.5 Å². The lowest BCUT2D eigenvalue weighted by Crippen LogP contribution is -2.53. The minimum Gasteiger partial charge on any atom is -0.338 e. The summed E-state index contributed by atoms with van der Waals surface area (Å²) in [5, 5.41) is 13.7. The molecule has 2 aliphatic rings. The number of H-pyrrole nitrogens is 1. The van der Waals surface area contributed by atoms with Gasteiger partial charge in [0.25, 0.3) is 6.43 Å². The first-order chi connectivity index (χ1) is 11.1. The van der Waals surface area contributed by atoms with Gasteiger partial charge in [-0.3, -0.25) is 9.69 Å². The Labute approximate surface area is 133 Å². The Morgan fingerprint density at radius 2 is 2.17 bits per heavy atom. The Morgan fingerprint density at radius 1 is 1.35 bits per heavy atom. The fourth-order valence-corrected chi connectivity index (χ4v) is 3.23. The molecule has 7 nitrogen and oxygen atoms in total. The van der Waals surface area contributed by atoms with Gasteiger partial charge in [-0.15, -0.1) is 10.2 Å². The molecule has 1 aliphatic carbocycles. The molecule has 1 atom stereocenters. The van der Waals surface area contributed by atoms with Crippen molar-refractivity contribution in [2.24, 2.45) is 0 Å². The smallest absolute Gasteiger partial charge is 0.251 e. The summed E-state index contributed by atoms with van der Waals surface area (Å²) in [4.78, 5) is 16.4. The molecule has 9 heteroatoms. The van der Waals surface area contributed by atoms with Crippen molar-refractivity contribution in [3.63, 3.8) is 0 Å². The summed E-state index contributed by atoms with van der Waals surface area (Å²) in [6, 6.07) is -0.173. The fraction of sp³-hybridized carbons (Fsp3) is 0.857. The van der Waals surface area contributed by atoms with E-state index < -0.39 is 12.5 Å². The zero-order chi connectivity index (χ0) is 16.2. The quantitative estimate of drug-likeness (QED) is 0.803. The average molecular weight is 328 g/mol. The Balaban J connectivity index is 1.64. The molecule has 128 valence electrons. The maximum absolute atomic E-state index is 12.9. The SMILES string of the molecule is O=C(C1CCCCN1CC(F)F)N(CCc1nn[nH]n1)C1CC1. The van der Waals surface area contributed by atoms with Gasteiger partial charge in [0.2, 0.25) is 5.91 Å². The maximum Gasteiger partial charge on any atom is 0.251 e. The molecule has 1 unspecified atom stereocenters. The van der Waals surface area contributed by atoms with Crippen molar-refractivity contribution in [1.29, 1.82) is 0 Å². The largest absolute Gasteiger partial charge is 0.338 e. The molecule has 0 bridgehead atoms. The molecule has 1 N–H and O–H groups in total. The monoisotopic (exact) mass is 328 g/mol. The van der Waals surface area contributed by atoms with Crippen molar-refractivity contribution in [1.82, 2.24) is 30.4 Å². The number of likely N-dealkylation sites (tertiary alicyclic amines) is 1. The molecule has 1 aromatic heterocycles. The summed E-state index contributed by atoms with van der Waals surface area (Å²) >= 11 is 0. The van der Waals surface area contributed by atoms with E-state index in [1.807, 2.05) is 4.90 Å². The summed E-state index contributed by atoms with van der Waals surface area (Å²) in [6.07, 6.45) is 2.55. The number of rotatable bonds is 7. The van der Waals surface area contributed by atoms with Crippen LogP contribution in [0.15, 0.2) is 0 Å². The van der Waals surface area contributed by atoms with Gasteiger partial charge in [0.1, 0.15) is 0 Å². The molecule has 0 radical (unpaired) electrons. The van der Waals surface area contributed by atoms with Crippen LogP contribution in [0, 0.1) is 0 Å². The molecular weight excluding hydrogens is 306 g/mol. The summed E-state index contributed by atoms with van der Waals surface area (Å²) in [5.41, 5.74) is 0. The van der Waals surface area contributed by atoms with Crippen LogP contribution in [-0.4, -0.2) is 74.5 Å². The van der Waals surface area contributed by atoms with E-state index in [9.17, 15) is 13.6 Å². The van der Waals surface area contributed by atoms with Crippen LogP contribution in [0.1, 0.15) is 37.9 Å². The fourth-order valence-electron chi connectivity index (χ4n) is 3.23. The molecule has 1 aliphatic heterocycles. The number of carbonyl (C=O) groups excluding carboxylic acids is 1. The first-order valence-corrected chi connectivity index (χ1v) is 8.20. The number of hydrogen-bond acceptors (Lipinski definition) is 5. The minimum atomic E-state index is -2.41. The molecule has 3 rings (SSSR count). The van der Waals surface area contributed by atoms with Gasteiger partial charge in [-0.1, -0.05) is 11.6 Å². The summed E-state index contributed by atoms with van der Waals surface area (Å²) in [5.74, 6) is 0.549. The van der Waals surface area contributed by atoms with Crippen molar-refractivity contribution in [3.8, 4) is 0 Å². The third-order valence-electron chi connectivity index (χ3n) is 4.51.